The molecule has 0 saturated carbocycles. The van der Waals surface area contributed by atoms with Crippen molar-refractivity contribution in [3.63, 3.8) is 0 Å². The molecule has 2 atom stereocenters. The Labute approximate surface area is 145 Å². The number of urea groups is 1. The minimum absolute atomic E-state index is 0.0575. The third-order valence-corrected chi connectivity index (χ3v) is 4.90. The van der Waals surface area contributed by atoms with Crippen LogP contribution in [0.15, 0.2) is 18.2 Å². The Bertz CT molecular complexity index is 764. The summed E-state index contributed by atoms with van der Waals surface area (Å²) in [6.45, 7) is -0.358. The zero-order valence-corrected chi connectivity index (χ0v) is 13.3. The van der Waals surface area contributed by atoms with Crippen LogP contribution < -0.4 is 11.5 Å². The number of nitrogens with two attached hydrogens (primary N) is 2. The summed E-state index contributed by atoms with van der Waals surface area (Å²) in [4.78, 5) is 25.7. The fourth-order valence-corrected chi connectivity index (χ4v) is 3.49. The summed E-state index contributed by atoms with van der Waals surface area (Å²) >= 11 is 0. The van der Waals surface area contributed by atoms with Gasteiger partial charge in [0.1, 0.15) is 11.4 Å². The maximum absolute atomic E-state index is 13.7. The van der Waals surface area contributed by atoms with E-state index in [0.717, 1.165) is 17.0 Å². The predicted molar refractivity (Wildman–Crippen MR) is 79.9 cm³/mol. The molecule has 11 heteroatoms. The number of primary amides is 2. The number of β-amino-alcohol motifs (C(OH)–C–C–N with tert-alkyl or cyclic N) is 1. The zero-order chi connectivity index (χ0) is 19.4. The molecular formula is C15H16F4N4O3. The Kier molecular flexibility index (Phi) is 4.11. The highest BCUT2D eigenvalue weighted by Gasteiger charge is 2.60. The lowest BCUT2D eigenvalue weighted by Crippen LogP contribution is -2.81. The van der Waals surface area contributed by atoms with E-state index >= 15 is 0 Å². The van der Waals surface area contributed by atoms with E-state index < -0.39 is 47.2 Å². The molecule has 142 valence electrons. The van der Waals surface area contributed by atoms with Crippen LogP contribution in [0.1, 0.15) is 17.2 Å². The summed E-state index contributed by atoms with van der Waals surface area (Å²) in [5.74, 6) is -1.92. The number of aliphatic hydroxyl groups excluding tert-OH is 1. The monoisotopic (exact) mass is 376 g/mol. The molecule has 0 bridgehead atoms. The van der Waals surface area contributed by atoms with Gasteiger partial charge in [0.05, 0.1) is 30.8 Å². The minimum atomic E-state index is -4.77. The molecule has 1 aromatic rings. The summed E-state index contributed by atoms with van der Waals surface area (Å²) in [7, 11) is 0. The van der Waals surface area contributed by atoms with Crippen molar-refractivity contribution in [1.82, 2.24) is 9.80 Å². The number of aliphatic hydroxyl groups is 1. The van der Waals surface area contributed by atoms with Crippen LogP contribution in [0.3, 0.4) is 0 Å². The molecule has 1 aromatic carbocycles. The van der Waals surface area contributed by atoms with Gasteiger partial charge < -0.3 is 21.5 Å². The molecule has 2 aliphatic rings. The number of hydrogen-bond donors (Lipinski definition) is 3. The van der Waals surface area contributed by atoms with Gasteiger partial charge in [-0.15, -0.1) is 0 Å². The van der Waals surface area contributed by atoms with E-state index in [1.807, 2.05) is 0 Å². The van der Waals surface area contributed by atoms with Crippen molar-refractivity contribution < 1.29 is 32.3 Å². The first-order valence-electron chi connectivity index (χ1n) is 7.62. The first-order chi connectivity index (χ1) is 12.0. The van der Waals surface area contributed by atoms with Gasteiger partial charge >= 0.3 is 12.2 Å². The van der Waals surface area contributed by atoms with Crippen LogP contribution in [0.5, 0.6) is 0 Å². The van der Waals surface area contributed by atoms with Crippen molar-refractivity contribution in [3.8, 4) is 0 Å². The Morgan fingerprint density at radius 3 is 2.27 bits per heavy atom. The zero-order valence-electron chi connectivity index (χ0n) is 13.3. The van der Waals surface area contributed by atoms with Gasteiger partial charge in [-0.1, -0.05) is 0 Å². The van der Waals surface area contributed by atoms with Crippen LogP contribution in [-0.2, 0) is 11.0 Å². The largest absolute Gasteiger partial charge is 0.416 e. The van der Waals surface area contributed by atoms with Crippen LogP contribution in [0.2, 0.25) is 0 Å². The number of benzene rings is 1. The number of halogens is 4. The molecule has 3 amide bonds. The van der Waals surface area contributed by atoms with Gasteiger partial charge in [0.15, 0.2) is 0 Å². The topological polar surface area (TPSA) is 113 Å². The van der Waals surface area contributed by atoms with Crippen molar-refractivity contribution in [2.24, 2.45) is 11.5 Å². The van der Waals surface area contributed by atoms with Crippen molar-refractivity contribution in [2.45, 2.75) is 23.9 Å². The Hall–Kier alpha value is -2.40. The normalized spacial score (nSPS) is 25.3. The lowest BCUT2D eigenvalue weighted by Gasteiger charge is -2.61. The molecule has 0 aromatic heterocycles. The highest BCUT2D eigenvalue weighted by Crippen LogP contribution is 2.44. The summed E-state index contributed by atoms with van der Waals surface area (Å²) in [5.41, 5.74) is 7.85. The van der Waals surface area contributed by atoms with E-state index in [2.05, 4.69) is 0 Å². The van der Waals surface area contributed by atoms with Gasteiger partial charge in [0.2, 0.25) is 5.91 Å². The second-order valence-electron chi connectivity index (χ2n) is 6.53. The molecular weight excluding hydrogens is 360 g/mol. The quantitative estimate of drug-likeness (QED) is 0.653. The lowest BCUT2D eigenvalue weighted by molar-refractivity contribution is -0.176. The minimum Gasteiger partial charge on any atom is -0.390 e. The molecule has 0 aliphatic carbocycles. The number of amides is 3. The summed E-state index contributed by atoms with van der Waals surface area (Å²) in [6.07, 6.45) is -5.88. The number of carbonyl (C=O) groups excluding carboxylic acids is 2. The van der Waals surface area contributed by atoms with Crippen molar-refractivity contribution in [3.05, 3.63) is 35.1 Å². The average molecular weight is 376 g/mol. The van der Waals surface area contributed by atoms with Gasteiger partial charge in [-0.3, -0.25) is 9.69 Å². The van der Waals surface area contributed by atoms with Crippen LogP contribution in [0, 0.1) is 5.82 Å². The Balaban J connectivity index is 1.94. The van der Waals surface area contributed by atoms with Crippen LogP contribution in [0.25, 0.3) is 0 Å². The highest BCUT2D eigenvalue weighted by molar-refractivity contribution is 5.89. The van der Waals surface area contributed by atoms with E-state index in [9.17, 15) is 32.3 Å². The maximum atomic E-state index is 13.7. The highest BCUT2D eigenvalue weighted by atomic mass is 19.4. The van der Waals surface area contributed by atoms with Crippen molar-refractivity contribution >= 4 is 11.9 Å². The molecule has 3 rings (SSSR count). The molecule has 2 aliphatic heterocycles. The lowest BCUT2D eigenvalue weighted by atomic mass is 9.78. The molecule has 26 heavy (non-hydrogen) atoms. The fourth-order valence-electron chi connectivity index (χ4n) is 3.49. The van der Waals surface area contributed by atoms with E-state index in [-0.39, 0.29) is 25.2 Å². The van der Waals surface area contributed by atoms with Crippen LogP contribution in [-0.4, -0.2) is 58.1 Å². The molecule has 0 radical (unpaired) electrons. The number of rotatable bonds is 3. The standard InChI is InChI=1S/C15H16F4N4O3/c16-9-2-7(1-8(3-9)15(17,18)19)11-10(24)4-23(11)14(12(20)25)5-22(6-14)13(21)26/h1-3,10-11,24H,4-6H2,(H2,20,25)(H2,21,26). The van der Waals surface area contributed by atoms with Gasteiger partial charge in [-0.2, -0.15) is 13.2 Å². The number of likely N-dealkylation sites (tertiary alicyclic amines) is 2. The van der Waals surface area contributed by atoms with E-state index in [0.29, 0.717) is 6.07 Å². The maximum Gasteiger partial charge on any atom is 0.416 e. The third-order valence-electron chi connectivity index (χ3n) is 4.90. The number of alkyl halides is 3. The van der Waals surface area contributed by atoms with Gasteiger partial charge in [-0.05, 0) is 23.8 Å². The Morgan fingerprint density at radius 1 is 1.19 bits per heavy atom. The first-order valence-corrected chi connectivity index (χ1v) is 7.62. The molecule has 2 fully saturated rings. The molecule has 2 heterocycles. The smallest absolute Gasteiger partial charge is 0.390 e. The van der Waals surface area contributed by atoms with Gasteiger partial charge in [-0.25, -0.2) is 9.18 Å². The van der Waals surface area contributed by atoms with Crippen LogP contribution >= 0.6 is 0 Å². The van der Waals surface area contributed by atoms with Gasteiger partial charge in [0.25, 0.3) is 0 Å². The molecule has 2 unspecified atom stereocenters. The van der Waals surface area contributed by atoms with E-state index in [1.54, 1.807) is 0 Å². The number of nitrogens with zero attached hydrogens (tertiary/aromatic N) is 2. The SMILES string of the molecule is NC(=O)N1CC(C(N)=O)(N2CC(O)C2c2cc(F)cc(C(F)(F)F)c2)C1. The first kappa shape index (κ1) is 18.4. The molecule has 7 nitrogen and oxygen atoms in total. The predicted octanol–water partition coefficient (Wildman–Crippen LogP) is 0.181. The van der Waals surface area contributed by atoms with Gasteiger partial charge in [0, 0.05) is 6.54 Å². The molecule has 0 spiro atoms. The average Bonchev–Trinajstić information content (AvgIpc) is 2.42. The molecule has 5 N–H and O–H groups in total. The van der Waals surface area contributed by atoms with Crippen molar-refractivity contribution in [1.29, 1.82) is 0 Å². The van der Waals surface area contributed by atoms with Crippen molar-refractivity contribution in [2.75, 3.05) is 19.6 Å². The van der Waals surface area contributed by atoms with E-state index in [1.165, 1.54) is 4.90 Å². The van der Waals surface area contributed by atoms with E-state index in [4.69, 9.17) is 11.5 Å². The second kappa shape index (κ2) is 5.81. The third kappa shape index (κ3) is 2.76. The Morgan fingerprint density at radius 2 is 1.81 bits per heavy atom. The number of hydrogen-bond acceptors (Lipinski definition) is 4. The fraction of sp³-hybridized carbons (Fsp3) is 0.467. The molecule has 2 saturated heterocycles. The summed E-state index contributed by atoms with van der Waals surface area (Å²) < 4.78 is 52.5. The summed E-state index contributed by atoms with van der Waals surface area (Å²) in [5, 5.41) is 10.1. The van der Waals surface area contributed by atoms with Crippen LogP contribution in [0.4, 0.5) is 22.4 Å². The number of carbonyl (C=O) groups is 2. The summed E-state index contributed by atoms with van der Waals surface area (Å²) in [6, 6.07) is 0.108. The second-order valence-corrected chi connectivity index (χ2v) is 6.53.